The molecule has 2 aliphatic rings. The van der Waals surface area contributed by atoms with Crippen LogP contribution in [0.15, 0.2) is 49.3 Å². The number of imidazole rings is 1. The number of aromatic nitrogens is 6. The lowest BCUT2D eigenvalue weighted by Gasteiger charge is -2.26. The van der Waals surface area contributed by atoms with Crippen LogP contribution in [0.2, 0.25) is 0 Å². The third-order valence-electron chi connectivity index (χ3n) is 5.50. The van der Waals surface area contributed by atoms with Crippen LogP contribution in [0.3, 0.4) is 0 Å². The van der Waals surface area contributed by atoms with E-state index in [0.29, 0.717) is 17.3 Å². The van der Waals surface area contributed by atoms with Crippen molar-refractivity contribution in [2.24, 2.45) is 0 Å². The molecule has 34 heavy (non-hydrogen) atoms. The molecule has 1 aliphatic heterocycles. The summed E-state index contributed by atoms with van der Waals surface area (Å²) in [5, 5.41) is 6.79. The Hall–Kier alpha value is -4.09. The number of alkyl halides is 2. The number of hydrogen-bond acceptors (Lipinski definition) is 7. The number of hydrogen-bond donors (Lipinski definition) is 2. The highest BCUT2D eigenvalue weighted by Gasteiger charge is 2.25. The van der Waals surface area contributed by atoms with Crippen LogP contribution in [0, 0.1) is 0 Å². The van der Waals surface area contributed by atoms with Crippen molar-refractivity contribution in [2.45, 2.75) is 38.5 Å². The van der Waals surface area contributed by atoms with E-state index in [1.165, 1.54) is 16.8 Å². The quantitative estimate of drug-likeness (QED) is 0.463. The molecular formula is C22H22F2N8O2. The second-order valence-corrected chi connectivity index (χ2v) is 7.92. The molecule has 1 aliphatic carbocycles. The average molecular weight is 468 g/mol. The van der Waals surface area contributed by atoms with Gasteiger partial charge in [0.05, 0.1) is 42.9 Å². The predicted molar refractivity (Wildman–Crippen MR) is 118 cm³/mol. The van der Waals surface area contributed by atoms with Gasteiger partial charge < -0.3 is 19.9 Å². The first-order valence-electron chi connectivity index (χ1n) is 10.8. The Morgan fingerprint density at radius 3 is 2.85 bits per heavy atom. The minimum atomic E-state index is -2.80. The maximum atomic E-state index is 11.9. The molecule has 1 saturated carbocycles. The first kappa shape index (κ1) is 21.7. The van der Waals surface area contributed by atoms with Gasteiger partial charge in [-0.1, -0.05) is 0 Å². The monoisotopic (exact) mass is 468 g/mol. The van der Waals surface area contributed by atoms with Gasteiger partial charge in [-0.25, -0.2) is 19.5 Å². The molecule has 1 amide bonds. The molecule has 12 heteroatoms. The van der Waals surface area contributed by atoms with E-state index in [2.05, 4.69) is 40.0 Å². The number of carbonyl (C=O) groups excluding carboxylic acids is 1. The number of rotatable bonds is 5. The SMILES string of the molecule is FC(F)Oc1cccn2nccc12.O=C(NC1CC1)c1cnc(N2CCc3nc[nH]c3C2)cn1. The molecule has 0 atom stereocenters. The Morgan fingerprint density at radius 2 is 2.09 bits per heavy atom. The highest BCUT2D eigenvalue weighted by Crippen LogP contribution is 2.22. The normalized spacial score (nSPS) is 15.0. The van der Waals surface area contributed by atoms with E-state index in [0.717, 1.165) is 49.6 Å². The van der Waals surface area contributed by atoms with Gasteiger partial charge in [-0.2, -0.15) is 13.9 Å². The van der Waals surface area contributed by atoms with Crippen LogP contribution in [0.4, 0.5) is 14.6 Å². The number of fused-ring (bicyclic) bond motifs is 2. The lowest BCUT2D eigenvalue weighted by Crippen LogP contribution is -2.31. The number of ether oxygens (including phenoxy) is 1. The fourth-order valence-corrected chi connectivity index (χ4v) is 3.62. The molecule has 0 unspecified atom stereocenters. The largest absolute Gasteiger partial charge is 0.433 e. The number of pyridine rings is 1. The topological polar surface area (TPSA) is 113 Å². The number of amides is 1. The zero-order valence-electron chi connectivity index (χ0n) is 18.1. The summed E-state index contributed by atoms with van der Waals surface area (Å²) in [6.45, 7) is -1.20. The van der Waals surface area contributed by atoms with E-state index in [1.807, 2.05) is 0 Å². The van der Waals surface area contributed by atoms with Crippen molar-refractivity contribution in [3.63, 3.8) is 0 Å². The standard InChI is InChI=1S/C14H16N6O.C8H6F2N2O/c21-14(19-9-1-2-9)11-5-16-13(6-15-11)20-4-3-10-12(7-20)18-8-17-10;9-8(10)13-7-2-1-5-12-6(7)3-4-11-12/h5-6,8-9H,1-4,7H2,(H,17,18)(H,19,21);1-5,8H. The first-order chi connectivity index (χ1) is 16.6. The van der Waals surface area contributed by atoms with Gasteiger partial charge in [0, 0.05) is 25.2 Å². The maximum Gasteiger partial charge on any atom is 0.387 e. The summed E-state index contributed by atoms with van der Waals surface area (Å²) in [7, 11) is 0. The Bertz CT molecular complexity index is 1270. The van der Waals surface area contributed by atoms with Crippen LogP contribution in [0.1, 0.15) is 34.7 Å². The number of nitrogens with one attached hydrogen (secondary N) is 2. The van der Waals surface area contributed by atoms with Crippen LogP contribution in [0.25, 0.3) is 5.52 Å². The molecule has 0 spiro atoms. The number of anilines is 1. The van der Waals surface area contributed by atoms with Gasteiger partial charge in [-0.3, -0.25) is 4.79 Å². The number of nitrogens with zero attached hydrogens (tertiary/aromatic N) is 6. The fraction of sp³-hybridized carbons (Fsp3) is 0.318. The second kappa shape index (κ2) is 9.41. The Morgan fingerprint density at radius 1 is 1.21 bits per heavy atom. The summed E-state index contributed by atoms with van der Waals surface area (Å²) in [5.74, 6) is 0.791. The number of aromatic amines is 1. The van der Waals surface area contributed by atoms with Gasteiger partial charge in [0.2, 0.25) is 0 Å². The minimum Gasteiger partial charge on any atom is -0.433 e. The third-order valence-corrected chi connectivity index (χ3v) is 5.50. The molecule has 2 N–H and O–H groups in total. The zero-order chi connectivity index (χ0) is 23.5. The number of carbonyl (C=O) groups is 1. The summed E-state index contributed by atoms with van der Waals surface area (Å²) in [5.41, 5.74) is 3.16. The molecule has 6 rings (SSSR count). The third kappa shape index (κ3) is 4.95. The van der Waals surface area contributed by atoms with Crippen LogP contribution in [0.5, 0.6) is 5.75 Å². The van der Waals surface area contributed by atoms with Gasteiger partial charge >= 0.3 is 6.61 Å². The molecule has 0 saturated heterocycles. The van der Waals surface area contributed by atoms with Crippen molar-refractivity contribution >= 4 is 17.2 Å². The van der Waals surface area contributed by atoms with Crippen molar-refractivity contribution in [2.75, 3.05) is 11.4 Å². The minimum absolute atomic E-state index is 0.133. The molecule has 4 aromatic rings. The van der Waals surface area contributed by atoms with Gasteiger partial charge in [0.25, 0.3) is 5.91 Å². The predicted octanol–water partition coefficient (Wildman–Crippen LogP) is 2.59. The van der Waals surface area contributed by atoms with Crippen molar-refractivity contribution < 1.29 is 18.3 Å². The van der Waals surface area contributed by atoms with Crippen LogP contribution < -0.4 is 15.0 Å². The van der Waals surface area contributed by atoms with Crippen molar-refractivity contribution in [1.82, 2.24) is 34.9 Å². The summed E-state index contributed by atoms with van der Waals surface area (Å²) >= 11 is 0. The average Bonchev–Trinajstić information content (AvgIpc) is 3.32. The van der Waals surface area contributed by atoms with Crippen LogP contribution >= 0.6 is 0 Å². The number of halogens is 2. The molecule has 10 nitrogen and oxygen atoms in total. The molecule has 1 fully saturated rings. The van der Waals surface area contributed by atoms with E-state index in [1.54, 1.807) is 37.1 Å². The molecule has 176 valence electrons. The lowest BCUT2D eigenvalue weighted by molar-refractivity contribution is -0.0490. The van der Waals surface area contributed by atoms with Crippen molar-refractivity contribution in [3.8, 4) is 5.75 Å². The summed E-state index contributed by atoms with van der Waals surface area (Å²) in [4.78, 5) is 30.1. The molecule has 0 bridgehead atoms. The molecular weight excluding hydrogens is 446 g/mol. The van der Waals surface area contributed by atoms with Crippen LogP contribution in [-0.4, -0.2) is 54.7 Å². The summed E-state index contributed by atoms with van der Waals surface area (Å²) in [6, 6.07) is 5.01. The molecule has 4 aromatic heterocycles. The first-order valence-corrected chi connectivity index (χ1v) is 10.8. The highest BCUT2D eigenvalue weighted by atomic mass is 19.3. The Labute approximate surface area is 193 Å². The van der Waals surface area contributed by atoms with E-state index in [9.17, 15) is 13.6 Å². The van der Waals surface area contributed by atoms with E-state index in [4.69, 9.17) is 0 Å². The molecule has 0 radical (unpaired) electrons. The van der Waals surface area contributed by atoms with E-state index >= 15 is 0 Å². The fourth-order valence-electron chi connectivity index (χ4n) is 3.62. The molecule has 0 aromatic carbocycles. The maximum absolute atomic E-state index is 11.9. The second-order valence-electron chi connectivity index (χ2n) is 7.92. The summed E-state index contributed by atoms with van der Waals surface area (Å²) in [6.07, 6.45) is 11.2. The van der Waals surface area contributed by atoms with Crippen molar-refractivity contribution in [1.29, 1.82) is 0 Å². The van der Waals surface area contributed by atoms with Crippen LogP contribution in [-0.2, 0) is 13.0 Å². The van der Waals surface area contributed by atoms with Crippen molar-refractivity contribution in [3.05, 3.63) is 66.4 Å². The van der Waals surface area contributed by atoms with Gasteiger partial charge in [0.1, 0.15) is 17.0 Å². The Kier molecular flexibility index (Phi) is 6.02. The van der Waals surface area contributed by atoms with E-state index in [-0.39, 0.29) is 11.7 Å². The smallest absolute Gasteiger partial charge is 0.387 e. The van der Waals surface area contributed by atoms with Gasteiger partial charge in [-0.15, -0.1) is 0 Å². The summed E-state index contributed by atoms with van der Waals surface area (Å²) < 4.78 is 29.6. The van der Waals surface area contributed by atoms with Gasteiger partial charge in [0.15, 0.2) is 5.75 Å². The van der Waals surface area contributed by atoms with Gasteiger partial charge in [-0.05, 0) is 31.0 Å². The molecule has 5 heterocycles. The highest BCUT2D eigenvalue weighted by molar-refractivity contribution is 5.92. The van der Waals surface area contributed by atoms with E-state index < -0.39 is 6.61 Å². The lowest BCUT2D eigenvalue weighted by atomic mass is 10.1. The number of H-pyrrole nitrogens is 1. The Balaban J connectivity index is 0.000000159. The zero-order valence-corrected chi connectivity index (χ0v) is 18.1.